The van der Waals surface area contributed by atoms with Crippen LogP contribution in [0.3, 0.4) is 0 Å². The maximum atomic E-state index is 13.4. The molecule has 178 valence electrons. The molecule has 0 radical (unpaired) electrons. The van der Waals surface area contributed by atoms with Crippen molar-refractivity contribution in [1.82, 2.24) is 20.4 Å². The van der Waals surface area contributed by atoms with Gasteiger partial charge in [-0.2, -0.15) is 0 Å². The molecular weight excluding hydrogens is 440 g/mol. The first kappa shape index (κ1) is 22.8. The average molecular weight is 469 g/mol. The van der Waals surface area contributed by atoms with Crippen LogP contribution in [0.4, 0.5) is 0 Å². The maximum absolute atomic E-state index is 13.4. The van der Waals surface area contributed by atoms with E-state index < -0.39 is 0 Å². The molecule has 1 unspecified atom stereocenters. The number of benzene rings is 2. The lowest BCUT2D eigenvalue weighted by Crippen LogP contribution is -2.36. The molecule has 4 aromatic rings. The summed E-state index contributed by atoms with van der Waals surface area (Å²) < 4.78 is 5.37. The van der Waals surface area contributed by atoms with Crippen LogP contribution in [0.5, 0.6) is 0 Å². The third kappa shape index (κ3) is 4.41. The molecule has 7 nitrogen and oxygen atoms in total. The van der Waals surface area contributed by atoms with Crippen LogP contribution in [0, 0.1) is 6.92 Å². The van der Waals surface area contributed by atoms with Gasteiger partial charge in [-0.1, -0.05) is 67.5 Å². The Morgan fingerprint density at radius 2 is 1.86 bits per heavy atom. The second-order valence-electron chi connectivity index (χ2n) is 9.36. The van der Waals surface area contributed by atoms with Gasteiger partial charge in [0.05, 0.1) is 16.6 Å². The number of rotatable bonds is 7. The Balaban J connectivity index is 1.39. The second kappa shape index (κ2) is 9.33. The molecule has 2 aromatic heterocycles. The summed E-state index contributed by atoms with van der Waals surface area (Å²) >= 11 is 0. The number of hydrogen-bond acceptors (Lipinski definition) is 5. The highest BCUT2D eigenvalue weighted by Crippen LogP contribution is 2.27. The van der Waals surface area contributed by atoms with Gasteiger partial charge in [-0.25, -0.2) is 4.98 Å². The van der Waals surface area contributed by atoms with Crippen molar-refractivity contribution in [2.75, 3.05) is 13.1 Å². The topological polar surface area (TPSA) is 88.3 Å². The number of carbonyl (C=O) groups is 2. The Bertz CT molecular complexity index is 1390. The molecule has 5 rings (SSSR count). The van der Waals surface area contributed by atoms with Gasteiger partial charge in [-0.3, -0.25) is 9.59 Å². The van der Waals surface area contributed by atoms with Crippen molar-refractivity contribution in [2.24, 2.45) is 0 Å². The van der Waals surface area contributed by atoms with Crippen LogP contribution in [0.25, 0.3) is 11.1 Å². The minimum absolute atomic E-state index is 0.0328. The predicted molar refractivity (Wildman–Crippen MR) is 133 cm³/mol. The van der Waals surface area contributed by atoms with Crippen LogP contribution < -0.4 is 5.32 Å². The fourth-order valence-electron chi connectivity index (χ4n) is 4.64. The molecule has 1 aliphatic heterocycles. The summed E-state index contributed by atoms with van der Waals surface area (Å²) in [6.45, 7) is 7.32. The van der Waals surface area contributed by atoms with Gasteiger partial charge in [0.1, 0.15) is 0 Å². The summed E-state index contributed by atoms with van der Waals surface area (Å²) in [7, 11) is 0. The van der Waals surface area contributed by atoms with Crippen molar-refractivity contribution in [1.29, 1.82) is 0 Å². The maximum Gasteiger partial charge on any atom is 0.259 e. The van der Waals surface area contributed by atoms with Crippen LogP contribution in [-0.4, -0.2) is 39.9 Å². The Morgan fingerprint density at radius 3 is 2.60 bits per heavy atom. The first-order chi connectivity index (χ1) is 16.9. The van der Waals surface area contributed by atoms with E-state index in [1.807, 2.05) is 86.3 Å². The average Bonchev–Trinajstić information content (AvgIpc) is 3.41. The highest BCUT2D eigenvalue weighted by Gasteiger charge is 2.29. The molecule has 0 saturated carbocycles. The summed E-state index contributed by atoms with van der Waals surface area (Å²) in [4.78, 5) is 32.8. The minimum Gasteiger partial charge on any atom is -0.351 e. The van der Waals surface area contributed by atoms with Crippen LogP contribution in [0.2, 0.25) is 0 Å². The van der Waals surface area contributed by atoms with E-state index in [4.69, 9.17) is 4.52 Å². The first-order valence-electron chi connectivity index (χ1n) is 11.9. The number of nitrogens with one attached hydrogen (secondary N) is 1. The summed E-state index contributed by atoms with van der Waals surface area (Å²) in [6, 6.07) is 19.5. The van der Waals surface area contributed by atoms with Gasteiger partial charge in [-0.15, -0.1) is 0 Å². The molecule has 0 saturated heterocycles. The van der Waals surface area contributed by atoms with Crippen molar-refractivity contribution in [3.05, 3.63) is 94.3 Å². The summed E-state index contributed by atoms with van der Waals surface area (Å²) in [5.41, 5.74) is 5.16. The Labute approximate surface area is 204 Å². The zero-order valence-electron chi connectivity index (χ0n) is 20.1. The predicted octanol–water partition coefficient (Wildman–Crippen LogP) is 4.82. The lowest BCUT2D eigenvalue weighted by Gasteiger charge is -2.25. The second-order valence-corrected chi connectivity index (χ2v) is 9.36. The van der Waals surface area contributed by atoms with Crippen LogP contribution >= 0.6 is 0 Å². The van der Waals surface area contributed by atoms with Gasteiger partial charge in [0.2, 0.25) is 0 Å². The molecule has 1 aliphatic rings. The van der Waals surface area contributed by atoms with Gasteiger partial charge in [0.15, 0.2) is 0 Å². The number of nitrogens with zero attached hydrogens (tertiary/aromatic N) is 3. The van der Waals surface area contributed by atoms with Crippen LogP contribution in [-0.2, 0) is 6.54 Å². The van der Waals surface area contributed by atoms with Gasteiger partial charge < -0.3 is 14.7 Å². The highest BCUT2D eigenvalue weighted by atomic mass is 16.5. The number of carbonyl (C=O) groups excluding carboxylic acids is 2. The number of amides is 2. The monoisotopic (exact) mass is 468 g/mol. The highest BCUT2D eigenvalue weighted by molar-refractivity contribution is 6.06. The fraction of sp³-hybridized carbons (Fsp3) is 0.286. The van der Waals surface area contributed by atoms with Crippen molar-refractivity contribution < 1.29 is 14.1 Å². The van der Waals surface area contributed by atoms with Gasteiger partial charge >= 0.3 is 0 Å². The minimum atomic E-state index is -0.206. The van der Waals surface area contributed by atoms with Gasteiger partial charge in [-0.05, 0) is 36.1 Å². The number of aryl methyl sites for hydroxylation is 1. The molecule has 1 N–H and O–H groups in total. The summed E-state index contributed by atoms with van der Waals surface area (Å²) in [6.07, 6.45) is 0. The number of hydrogen-bond donors (Lipinski definition) is 1. The molecular formula is C28H28N4O3. The third-order valence-electron chi connectivity index (χ3n) is 6.59. The number of pyridine rings is 1. The number of fused-ring (bicyclic) bond motifs is 2. The van der Waals surface area contributed by atoms with E-state index >= 15 is 0 Å². The molecule has 7 heteroatoms. The molecule has 2 aromatic carbocycles. The van der Waals surface area contributed by atoms with Crippen molar-refractivity contribution >= 4 is 22.9 Å². The molecule has 1 atom stereocenters. The van der Waals surface area contributed by atoms with Crippen LogP contribution in [0.1, 0.15) is 68.9 Å². The third-order valence-corrected chi connectivity index (χ3v) is 6.59. The first-order valence-corrected chi connectivity index (χ1v) is 11.9. The molecule has 0 fully saturated rings. The Kier molecular flexibility index (Phi) is 6.07. The number of aromatic nitrogens is 2. The fourth-order valence-corrected chi connectivity index (χ4v) is 4.64. The summed E-state index contributed by atoms with van der Waals surface area (Å²) in [5, 5.41) is 7.76. The van der Waals surface area contributed by atoms with E-state index in [0.29, 0.717) is 42.0 Å². The van der Waals surface area contributed by atoms with Gasteiger partial charge in [0, 0.05) is 36.8 Å². The lowest BCUT2D eigenvalue weighted by molar-refractivity contribution is 0.0767. The van der Waals surface area contributed by atoms with E-state index in [0.717, 1.165) is 22.4 Å². The quantitative estimate of drug-likeness (QED) is 0.420. The van der Waals surface area contributed by atoms with E-state index in [1.54, 1.807) is 0 Å². The van der Waals surface area contributed by atoms with Crippen molar-refractivity contribution in [3.63, 3.8) is 0 Å². The zero-order chi connectivity index (χ0) is 24.5. The summed E-state index contributed by atoms with van der Waals surface area (Å²) in [5.74, 6) is -0.104. The smallest absolute Gasteiger partial charge is 0.259 e. The lowest BCUT2D eigenvalue weighted by atomic mass is 9.98. The largest absolute Gasteiger partial charge is 0.351 e. The SMILES string of the molecule is Cc1noc2nc(C(C)C)cc(C(=O)NCC(CN3Cc4ccccc4C3=O)c3ccccc3)c12. The van der Waals surface area contributed by atoms with Crippen LogP contribution in [0.15, 0.2) is 65.2 Å². The molecule has 0 bridgehead atoms. The molecule has 2 amide bonds. The van der Waals surface area contributed by atoms with Crippen molar-refractivity contribution in [3.8, 4) is 0 Å². The van der Waals surface area contributed by atoms with E-state index in [9.17, 15) is 9.59 Å². The normalized spacial score (nSPS) is 13.9. The molecule has 0 spiro atoms. The molecule has 0 aliphatic carbocycles. The van der Waals surface area contributed by atoms with E-state index in [-0.39, 0.29) is 23.7 Å². The molecule has 35 heavy (non-hydrogen) atoms. The van der Waals surface area contributed by atoms with Gasteiger partial charge in [0.25, 0.3) is 17.5 Å². The van der Waals surface area contributed by atoms with E-state index in [2.05, 4.69) is 15.5 Å². The standard InChI is InChI=1S/C28H28N4O3/c1-17(2)24-13-23(25-18(3)31-35-27(25)30-24)26(33)29-14-21(19-9-5-4-6-10-19)16-32-15-20-11-7-8-12-22(20)28(32)34/h4-13,17,21H,14-16H2,1-3H3,(H,29,33). The Hall–Kier alpha value is -4.00. The Morgan fingerprint density at radius 1 is 1.11 bits per heavy atom. The zero-order valence-corrected chi connectivity index (χ0v) is 20.1. The van der Waals surface area contributed by atoms with Crippen molar-refractivity contribution in [2.45, 2.75) is 39.2 Å². The van der Waals surface area contributed by atoms with E-state index in [1.165, 1.54) is 0 Å². The molecule has 3 heterocycles.